The zero-order valence-electron chi connectivity index (χ0n) is 19.9. The van der Waals surface area contributed by atoms with Gasteiger partial charge in [-0.2, -0.15) is 0 Å². The molecule has 0 bridgehead atoms. The molecule has 1 N–H and O–H groups in total. The first-order valence-corrected chi connectivity index (χ1v) is 12.8. The van der Waals surface area contributed by atoms with E-state index in [1.54, 1.807) is 0 Å². The van der Waals surface area contributed by atoms with Gasteiger partial charge in [0, 0.05) is 34.1 Å². The van der Waals surface area contributed by atoms with E-state index >= 15 is 0 Å². The summed E-state index contributed by atoms with van der Waals surface area (Å²) in [5.41, 5.74) is 5.15. The molecule has 0 amide bonds. The Labute approximate surface area is 193 Å². The van der Waals surface area contributed by atoms with Crippen LogP contribution in [0, 0.1) is 0 Å². The molecule has 1 aromatic heterocycles. The van der Waals surface area contributed by atoms with Crippen LogP contribution in [0.3, 0.4) is 0 Å². The fourth-order valence-electron chi connectivity index (χ4n) is 5.11. The lowest BCUT2D eigenvalue weighted by Gasteiger charge is -2.20. The molecular weight excluding hydrogens is 390 g/mol. The van der Waals surface area contributed by atoms with Crippen molar-refractivity contribution in [3.05, 3.63) is 59.8 Å². The van der Waals surface area contributed by atoms with Crippen molar-refractivity contribution in [2.45, 2.75) is 90.6 Å². The maximum atomic E-state index is 4.37. The number of aromatic nitrogens is 1. The van der Waals surface area contributed by atoms with Gasteiger partial charge in [-0.15, -0.1) is 0 Å². The molecule has 3 nitrogen and oxygen atoms in total. The van der Waals surface area contributed by atoms with E-state index < -0.39 is 0 Å². The number of aryl methyl sites for hydroxylation is 1. The Balaban J connectivity index is 1.46. The summed E-state index contributed by atoms with van der Waals surface area (Å²) >= 11 is 0. The topological polar surface area (TPSA) is 29.3 Å². The van der Waals surface area contributed by atoms with Gasteiger partial charge in [0.1, 0.15) is 0 Å². The van der Waals surface area contributed by atoms with E-state index in [0.717, 1.165) is 12.2 Å². The third kappa shape index (κ3) is 5.26. The molecule has 0 fully saturated rings. The van der Waals surface area contributed by atoms with Crippen LogP contribution in [0.1, 0.15) is 89.7 Å². The largest absolute Gasteiger partial charge is 0.366 e. The highest BCUT2D eigenvalue weighted by atomic mass is 15.0. The number of benzene rings is 2. The monoisotopic (exact) mass is 429 g/mol. The number of aliphatic imine (C=N–C) groups is 1. The predicted octanol–water partition coefficient (Wildman–Crippen LogP) is 8.29. The van der Waals surface area contributed by atoms with Gasteiger partial charge in [-0.3, -0.25) is 0 Å². The second kappa shape index (κ2) is 11.4. The number of rotatable bonds is 12. The van der Waals surface area contributed by atoms with Gasteiger partial charge in [0.05, 0.1) is 17.9 Å². The first-order chi connectivity index (χ1) is 15.8. The van der Waals surface area contributed by atoms with E-state index in [9.17, 15) is 0 Å². The van der Waals surface area contributed by atoms with E-state index in [0.29, 0.717) is 0 Å². The van der Waals surface area contributed by atoms with Crippen LogP contribution in [-0.2, 0) is 6.54 Å². The number of para-hydroxylation sites is 2. The molecule has 0 saturated heterocycles. The first-order valence-electron chi connectivity index (χ1n) is 12.8. The van der Waals surface area contributed by atoms with Crippen LogP contribution in [0.5, 0.6) is 0 Å². The highest BCUT2D eigenvalue weighted by Crippen LogP contribution is 2.35. The Morgan fingerprint density at radius 3 is 2.25 bits per heavy atom. The molecule has 0 aliphatic carbocycles. The quantitative estimate of drug-likeness (QED) is 0.288. The second-order valence-electron chi connectivity index (χ2n) is 9.30. The number of fused-ring (bicyclic) bond motifs is 3. The van der Waals surface area contributed by atoms with Crippen molar-refractivity contribution in [3.63, 3.8) is 0 Å². The van der Waals surface area contributed by atoms with Gasteiger partial charge in [0.2, 0.25) is 0 Å². The summed E-state index contributed by atoms with van der Waals surface area (Å²) in [7, 11) is 0. The number of allylic oxidation sites excluding steroid dienone is 1. The van der Waals surface area contributed by atoms with Crippen molar-refractivity contribution in [2.75, 3.05) is 0 Å². The van der Waals surface area contributed by atoms with Gasteiger partial charge in [-0.05, 0) is 25.5 Å². The minimum absolute atomic E-state index is 0.173. The van der Waals surface area contributed by atoms with Crippen molar-refractivity contribution in [2.24, 2.45) is 4.99 Å². The fourth-order valence-corrected chi connectivity index (χ4v) is 5.11. The van der Waals surface area contributed by atoms with Crippen LogP contribution in [0.15, 0.2) is 59.2 Å². The van der Waals surface area contributed by atoms with Gasteiger partial charge < -0.3 is 9.88 Å². The van der Waals surface area contributed by atoms with Gasteiger partial charge in [0.15, 0.2) is 0 Å². The van der Waals surface area contributed by atoms with Crippen LogP contribution in [0.4, 0.5) is 0 Å². The van der Waals surface area contributed by atoms with Gasteiger partial charge in [0.25, 0.3) is 0 Å². The van der Waals surface area contributed by atoms with Crippen LogP contribution in [0.2, 0.25) is 0 Å². The number of nitrogens with one attached hydrogen (secondary N) is 1. The normalized spacial score (nSPS) is 15.9. The molecule has 3 aromatic rings. The minimum Gasteiger partial charge on any atom is -0.366 e. The molecule has 32 heavy (non-hydrogen) atoms. The summed E-state index contributed by atoms with van der Waals surface area (Å²) in [5, 5.41) is 6.18. The third-order valence-electron chi connectivity index (χ3n) is 6.82. The number of nitrogens with zero attached hydrogens (tertiary/aromatic N) is 2. The molecular formula is C29H39N3. The summed E-state index contributed by atoms with van der Waals surface area (Å²) in [6, 6.07) is 15.8. The van der Waals surface area contributed by atoms with Crippen LogP contribution >= 0.6 is 0 Å². The second-order valence-corrected chi connectivity index (χ2v) is 9.30. The van der Waals surface area contributed by atoms with E-state index in [-0.39, 0.29) is 6.04 Å². The number of unbranched alkanes of at least 4 members (excludes halogenated alkanes) is 9. The van der Waals surface area contributed by atoms with Crippen molar-refractivity contribution in [1.29, 1.82) is 0 Å². The van der Waals surface area contributed by atoms with Crippen LogP contribution in [0.25, 0.3) is 21.8 Å². The molecule has 170 valence electrons. The smallest absolute Gasteiger partial charge is 0.0889 e. The Bertz CT molecular complexity index is 1070. The van der Waals surface area contributed by atoms with E-state index in [2.05, 4.69) is 77.3 Å². The summed E-state index contributed by atoms with van der Waals surface area (Å²) in [6.07, 6.45) is 17.8. The third-order valence-corrected chi connectivity index (χ3v) is 6.82. The van der Waals surface area contributed by atoms with E-state index in [1.165, 1.54) is 91.6 Å². The molecule has 1 atom stereocenters. The maximum absolute atomic E-state index is 4.37. The SMILES string of the molecule is CCCCCCCCCCCCn1c2ccccc2c2cccc(C3C=C(C)N=CN3)c21. The molecule has 0 radical (unpaired) electrons. The highest BCUT2D eigenvalue weighted by molar-refractivity contribution is 6.09. The van der Waals surface area contributed by atoms with Crippen molar-refractivity contribution >= 4 is 28.1 Å². The molecule has 2 heterocycles. The fraction of sp³-hybridized carbons (Fsp3) is 0.483. The zero-order chi connectivity index (χ0) is 22.2. The average molecular weight is 430 g/mol. The van der Waals surface area contributed by atoms with Crippen molar-refractivity contribution < 1.29 is 0 Å². The lowest BCUT2D eigenvalue weighted by atomic mass is 10.0. The lowest BCUT2D eigenvalue weighted by Crippen LogP contribution is -2.21. The first kappa shape index (κ1) is 22.6. The molecule has 3 heteroatoms. The summed E-state index contributed by atoms with van der Waals surface area (Å²) in [6.45, 7) is 5.45. The van der Waals surface area contributed by atoms with Gasteiger partial charge >= 0.3 is 0 Å². The van der Waals surface area contributed by atoms with Crippen molar-refractivity contribution in [3.8, 4) is 0 Å². The molecule has 1 unspecified atom stereocenters. The summed E-state index contributed by atoms with van der Waals surface area (Å²) < 4.78 is 2.57. The zero-order valence-corrected chi connectivity index (χ0v) is 19.9. The summed E-state index contributed by atoms with van der Waals surface area (Å²) in [4.78, 5) is 4.37. The van der Waals surface area contributed by atoms with Crippen LogP contribution < -0.4 is 5.32 Å². The van der Waals surface area contributed by atoms with Gasteiger partial charge in [-0.25, -0.2) is 4.99 Å². The Hall–Kier alpha value is -2.55. The molecule has 0 spiro atoms. The summed E-state index contributed by atoms with van der Waals surface area (Å²) in [5.74, 6) is 0. The lowest BCUT2D eigenvalue weighted by molar-refractivity contribution is 0.541. The Morgan fingerprint density at radius 1 is 0.812 bits per heavy atom. The minimum atomic E-state index is 0.173. The predicted molar refractivity (Wildman–Crippen MR) is 139 cm³/mol. The molecule has 4 rings (SSSR count). The highest BCUT2D eigenvalue weighted by Gasteiger charge is 2.19. The Kier molecular flexibility index (Phi) is 8.03. The average Bonchev–Trinajstić information content (AvgIpc) is 3.14. The molecule has 0 saturated carbocycles. The van der Waals surface area contributed by atoms with Crippen LogP contribution in [-0.4, -0.2) is 10.9 Å². The number of hydrogen-bond donors (Lipinski definition) is 1. The molecule has 1 aliphatic heterocycles. The standard InChI is InChI=1S/C29H39N3/c1-3-4-5-6-7-8-9-10-11-14-20-32-28-19-13-12-16-24(28)25-17-15-18-26(29(25)32)27-21-23(2)30-22-31-27/h12-13,15-19,21-22,27H,3-11,14,20H2,1-2H3,(H,30,31). The van der Waals surface area contributed by atoms with E-state index in [4.69, 9.17) is 0 Å². The van der Waals surface area contributed by atoms with Gasteiger partial charge in [-0.1, -0.05) is 101 Å². The van der Waals surface area contributed by atoms with E-state index in [1.807, 2.05) is 6.34 Å². The molecule has 1 aliphatic rings. The maximum Gasteiger partial charge on any atom is 0.0889 e. The Morgan fingerprint density at radius 2 is 1.50 bits per heavy atom. The molecule has 2 aromatic carbocycles. The van der Waals surface area contributed by atoms with Crippen molar-refractivity contribution in [1.82, 2.24) is 9.88 Å². The number of hydrogen-bond acceptors (Lipinski definition) is 2.